The molecule has 57 heavy (non-hydrogen) atoms. The number of aromatic nitrogens is 5. The zero-order valence-electron chi connectivity index (χ0n) is 34.0. The number of hydrogen-bond donors (Lipinski definition) is 2. The highest BCUT2D eigenvalue weighted by Crippen LogP contribution is 2.45. The second-order valence-corrected chi connectivity index (χ2v) is 16.8. The molecule has 4 aromatic heterocycles. The number of imidazole rings is 1. The van der Waals surface area contributed by atoms with Crippen LogP contribution in [0.3, 0.4) is 0 Å². The summed E-state index contributed by atoms with van der Waals surface area (Å²) in [5.74, 6) is -0.918. The number of nitrogens with one attached hydrogen (secondary N) is 1. The Labute approximate surface area is 331 Å². The molecular formula is C43H53FN6O7. The molecule has 0 bridgehead atoms. The van der Waals surface area contributed by atoms with E-state index in [1.54, 1.807) is 59.7 Å². The van der Waals surface area contributed by atoms with E-state index in [9.17, 15) is 19.5 Å². The van der Waals surface area contributed by atoms with Crippen LogP contribution in [-0.2, 0) is 26.5 Å². The number of nitrogens with zero attached hydrogens (tertiary/aromatic N) is 5. The Morgan fingerprint density at radius 1 is 0.947 bits per heavy atom. The maximum Gasteiger partial charge on any atom is 0.408 e. The number of carboxylic acids is 1. The van der Waals surface area contributed by atoms with E-state index in [1.807, 2.05) is 25.1 Å². The molecule has 13 nitrogen and oxygen atoms in total. The predicted octanol–water partition coefficient (Wildman–Crippen LogP) is 9.23. The molecule has 14 heteroatoms. The lowest BCUT2D eigenvalue weighted by atomic mass is 9.93. The number of rotatable bonds is 15. The van der Waals surface area contributed by atoms with Gasteiger partial charge >= 0.3 is 18.0 Å². The molecule has 6 rings (SSSR count). The molecule has 1 aromatic carbocycles. The van der Waals surface area contributed by atoms with Gasteiger partial charge < -0.3 is 33.8 Å². The largest absolute Gasteiger partial charge is 0.494 e. The Hall–Kier alpha value is -5.53. The number of methoxy groups -OCH3 is 1. The number of carboxylic acid groups (broad SMARTS) is 1. The minimum absolute atomic E-state index is 0.0330. The van der Waals surface area contributed by atoms with E-state index in [4.69, 9.17) is 24.2 Å². The highest BCUT2D eigenvalue weighted by Gasteiger charge is 2.44. The molecule has 1 aliphatic rings. The van der Waals surface area contributed by atoms with Gasteiger partial charge in [0.15, 0.2) is 5.82 Å². The van der Waals surface area contributed by atoms with Gasteiger partial charge in [-0.3, -0.25) is 4.98 Å². The molecule has 2 unspecified atom stereocenters. The molecule has 0 aliphatic heterocycles. The van der Waals surface area contributed by atoms with E-state index in [0.29, 0.717) is 54.2 Å². The molecule has 0 radical (unpaired) electrons. The smallest absolute Gasteiger partial charge is 0.408 e. The summed E-state index contributed by atoms with van der Waals surface area (Å²) in [5.41, 5.74) is -0.418. The van der Waals surface area contributed by atoms with E-state index < -0.39 is 40.9 Å². The van der Waals surface area contributed by atoms with Crippen molar-refractivity contribution in [1.82, 2.24) is 29.4 Å². The van der Waals surface area contributed by atoms with Crippen LogP contribution in [0.15, 0.2) is 54.7 Å². The minimum atomic E-state index is -2.38. The first-order chi connectivity index (χ1) is 26.9. The fourth-order valence-electron chi connectivity index (χ4n) is 6.98. The third-order valence-corrected chi connectivity index (χ3v) is 9.75. The predicted molar refractivity (Wildman–Crippen MR) is 214 cm³/mol. The maximum absolute atomic E-state index is 16.5. The minimum Gasteiger partial charge on any atom is -0.494 e. The summed E-state index contributed by atoms with van der Waals surface area (Å²) in [6.07, 6.45) is 5.21. The van der Waals surface area contributed by atoms with E-state index >= 15 is 4.39 Å². The van der Waals surface area contributed by atoms with Crippen molar-refractivity contribution < 1.29 is 38.1 Å². The number of ether oxygens (including phenoxy) is 3. The van der Waals surface area contributed by atoms with E-state index in [-0.39, 0.29) is 23.7 Å². The number of esters is 1. The standard InChI is InChI=1S/C43H53FN6O7/c1-26(46-40(54)57-42(5,6)7)30-19-16-27-24-32(37-48-31-23-28(38(51)52)25-33(55-8)35(31)50(37)29-17-18-29)49(36(27)47-30)22-14-10-9-12-20-43(44,34-15-11-13-21-45-34)39(53)56-41(2,3)4/h11,13,15-16,19,21,23-26,29H,9-10,12,14,17-18,20,22H2,1-8H3,(H,46,54)(H,51,52). The monoisotopic (exact) mass is 784 g/mol. The maximum atomic E-state index is 16.5. The molecule has 2 N–H and O–H groups in total. The first-order valence-corrected chi connectivity index (χ1v) is 19.6. The number of unbranched alkanes of at least 4 members (excludes halogenated alkanes) is 3. The topological polar surface area (TPSA) is 160 Å². The molecule has 1 saturated carbocycles. The van der Waals surface area contributed by atoms with E-state index in [0.717, 1.165) is 35.9 Å². The molecule has 5 aromatic rings. The lowest BCUT2D eigenvalue weighted by Crippen LogP contribution is -2.38. The normalized spacial score (nSPS) is 15.0. The van der Waals surface area contributed by atoms with E-state index in [1.165, 1.54) is 25.4 Å². The number of carbonyl (C=O) groups is 3. The number of halogens is 1. The SMILES string of the molecule is COc1cc(C(=O)O)cc2nc(-c3cc4ccc(C(C)NC(=O)OC(C)(C)C)nc4n3CCCCCCC(F)(C(=O)OC(C)(C)C)c3ccccn3)n(C3CC3)c12. The van der Waals surface area contributed by atoms with Crippen molar-refractivity contribution in [2.75, 3.05) is 7.11 Å². The van der Waals surface area contributed by atoms with Gasteiger partial charge in [0.05, 0.1) is 41.3 Å². The summed E-state index contributed by atoms with van der Waals surface area (Å²) in [5, 5.41) is 13.6. The molecular weight excluding hydrogens is 732 g/mol. The van der Waals surface area contributed by atoms with Gasteiger partial charge in [-0.25, -0.2) is 28.7 Å². The average Bonchev–Trinajstić information content (AvgIpc) is 3.81. The van der Waals surface area contributed by atoms with Crippen LogP contribution >= 0.6 is 0 Å². The third kappa shape index (κ3) is 9.37. The average molecular weight is 785 g/mol. The number of benzene rings is 1. The summed E-state index contributed by atoms with van der Waals surface area (Å²) in [6, 6.07) is 13.5. The van der Waals surface area contributed by atoms with E-state index in [2.05, 4.69) is 19.4 Å². The van der Waals surface area contributed by atoms with Gasteiger partial charge in [0.1, 0.15) is 28.1 Å². The van der Waals surface area contributed by atoms with Crippen molar-refractivity contribution >= 4 is 40.1 Å². The zero-order chi connectivity index (χ0) is 41.3. The van der Waals surface area contributed by atoms with Crippen molar-refractivity contribution in [2.45, 2.75) is 129 Å². The summed E-state index contributed by atoms with van der Waals surface area (Å²) >= 11 is 0. The zero-order valence-corrected chi connectivity index (χ0v) is 34.0. The van der Waals surface area contributed by atoms with Crippen molar-refractivity contribution in [3.05, 3.63) is 71.7 Å². The van der Waals surface area contributed by atoms with Crippen molar-refractivity contribution in [3.8, 4) is 17.3 Å². The molecule has 1 fully saturated rings. The molecule has 1 amide bonds. The quantitative estimate of drug-likeness (QED) is 0.0774. The van der Waals surface area contributed by atoms with Crippen LogP contribution in [-0.4, -0.2) is 65.5 Å². The summed E-state index contributed by atoms with van der Waals surface area (Å²) in [7, 11) is 1.52. The highest BCUT2D eigenvalue weighted by molar-refractivity contribution is 5.97. The number of amides is 1. The van der Waals surface area contributed by atoms with Gasteiger partial charge in [-0.2, -0.15) is 0 Å². The van der Waals surface area contributed by atoms with Crippen LogP contribution in [0.4, 0.5) is 9.18 Å². The number of aromatic carboxylic acids is 1. The number of alkyl halides is 1. The Balaban J connectivity index is 1.31. The number of alkyl carbamates (subject to hydrolysis) is 1. The Morgan fingerprint density at radius 2 is 1.67 bits per heavy atom. The van der Waals surface area contributed by atoms with Crippen LogP contribution in [0, 0.1) is 0 Å². The Morgan fingerprint density at radius 3 is 2.30 bits per heavy atom. The van der Waals surface area contributed by atoms with Crippen LogP contribution in [0.2, 0.25) is 0 Å². The highest BCUT2D eigenvalue weighted by atomic mass is 19.1. The number of hydrogen-bond acceptors (Lipinski definition) is 9. The second kappa shape index (κ2) is 16.1. The summed E-state index contributed by atoms with van der Waals surface area (Å²) in [6.45, 7) is 12.9. The van der Waals surface area contributed by atoms with Crippen molar-refractivity contribution in [1.29, 1.82) is 0 Å². The van der Waals surface area contributed by atoms with Gasteiger partial charge in [-0.15, -0.1) is 0 Å². The van der Waals surface area contributed by atoms with Crippen molar-refractivity contribution in [2.24, 2.45) is 0 Å². The fourth-order valence-corrected chi connectivity index (χ4v) is 6.98. The molecule has 304 valence electrons. The first-order valence-electron chi connectivity index (χ1n) is 19.6. The molecule has 0 spiro atoms. The van der Waals surface area contributed by atoms with Crippen LogP contribution in [0.25, 0.3) is 33.6 Å². The number of fused-ring (bicyclic) bond motifs is 2. The number of aryl methyl sites for hydroxylation is 1. The molecule has 0 saturated heterocycles. The van der Waals surface area contributed by atoms with Gasteiger partial charge in [0.2, 0.25) is 5.67 Å². The Bertz CT molecular complexity index is 2270. The summed E-state index contributed by atoms with van der Waals surface area (Å²) in [4.78, 5) is 52.1. The van der Waals surface area contributed by atoms with Crippen molar-refractivity contribution in [3.63, 3.8) is 0 Å². The lowest BCUT2D eigenvalue weighted by molar-refractivity contribution is -0.171. The molecule has 1 aliphatic carbocycles. The van der Waals surface area contributed by atoms with Gasteiger partial charge in [-0.1, -0.05) is 18.9 Å². The van der Waals surface area contributed by atoms with Gasteiger partial charge in [-0.05, 0) is 123 Å². The third-order valence-electron chi connectivity index (χ3n) is 9.75. The fraction of sp³-hybridized carbons (Fsp3) is 0.488. The van der Waals surface area contributed by atoms with Crippen LogP contribution in [0.1, 0.15) is 127 Å². The van der Waals surface area contributed by atoms with Crippen LogP contribution in [0.5, 0.6) is 5.75 Å². The van der Waals surface area contributed by atoms with Gasteiger partial charge in [0.25, 0.3) is 0 Å². The lowest BCUT2D eigenvalue weighted by Gasteiger charge is -2.28. The number of pyridine rings is 2. The van der Waals surface area contributed by atoms with Gasteiger partial charge in [0, 0.05) is 24.2 Å². The second-order valence-electron chi connectivity index (χ2n) is 16.8. The molecule has 4 heterocycles. The van der Waals surface area contributed by atoms with Crippen LogP contribution < -0.4 is 10.1 Å². The molecule has 2 atom stereocenters. The summed E-state index contributed by atoms with van der Waals surface area (Å²) < 4.78 is 37.5. The Kier molecular flexibility index (Phi) is 11.6. The first kappa shape index (κ1) is 41.1. The number of carbonyl (C=O) groups excluding carboxylic acids is 2.